The lowest BCUT2D eigenvalue weighted by molar-refractivity contribution is -0.125. The monoisotopic (exact) mass is 156 g/mol. The summed E-state index contributed by atoms with van der Waals surface area (Å²) in [4.78, 5) is 10.8. The number of amides is 1. The third-order valence-corrected chi connectivity index (χ3v) is 1.01. The van der Waals surface area contributed by atoms with Crippen LogP contribution >= 0.6 is 0 Å². The van der Waals surface area contributed by atoms with E-state index in [4.69, 9.17) is 5.26 Å². The van der Waals surface area contributed by atoms with Gasteiger partial charge in [-0.25, -0.2) is 0 Å². The minimum atomic E-state index is -0.810. The largest absolute Gasteiger partial charge is 0.375 e. The summed E-state index contributed by atoms with van der Waals surface area (Å²) >= 11 is 0. The molecule has 0 saturated carbocycles. The van der Waals surface area contributed by atoms with Crippen LogP contribution in [0.5, 0.6) is 0 Å². The molecule has 62 valence electrons. The molecule has 11 heavy (non-hydrogen) atoms. The Kier molecular flexibility index (Phi) is 3.55. The van der Waals surface area contributed by atoms with Crippen LogP contribution in [0.25, 0.3) is 0 Å². The van der Waals surface area contributed by atoms with Crippen LogP contribution in [-0.2, 0) is 9.53 Å². The highest BCUT2D eigenvalue weighted by Gasteiger charge is 2.18. The molecule has 0 saturated heterocycles. The molecule has 0 aliphatic rings. The minimum Gasteiger partial charge on any atom is -0.375 e. The van der Waals surface area contributed by atoms with E-state index in [0.29, 0.717) is 0 Å². The van der Waals surface area contributed by atoms with E-state index in [1.807, 2.05) is 6.07 Å². The molecule has 0 rings (SSSR count). The van der Waals surface area contributed by atoms with Crippen LogP contribution in [-0.4, -0.2) is 25.2 Å². The van der Waals surface area contributed by atoms with Crippen molar-refractivity contribution in [2.45, 2.75) is 19.4 Å². The minimum absolute atomic E-state index is 0.00882. The van der Waals surface area contributed by atoms with Crippen molar-refractivity contribution in [1.29, 1.82) is 5.26 Å². The standard InChI is InChI=1S/C7H12N2O2/c1-7(2,5-8)9-6(10)4-11-3/h4H2,1-3H3,(H,9,10). The number of hydrogen-bond donors (Lipinski definition) is 1. The number of ether oxygens (including phenoxy) is 1. The number of methoxy groups -OCH3 is 1. The summed E-state index contributed by atoms with van der Waals surface area (Å²) in [6.45, 7) is 3.24. The van der Waals surface area contributed by atoms with E-state index in [0.717, 1.165) is 0 Å². The molecule has 1 amide bonds. The molecule has 1 N–H and O–H groups in total. The Hall–Kier alpha value is -1.08. The Bertz CT molecular complexity index is 181. The molecule has 4 heteroatoms. The predicted octanol–water partition coefficient (Wildman–Crippen LogP) is 0.0512. The fourth-order valence-corrected chi connectivity index (χ4v) is 0.544. The first-order valence-electron chi connectivity index (χ1n) is 3.23. The van der Waals surface area contributed by atoms with E-state index in [2.05, 4.69) is 10.1 Å². The van der Waals surface area contributed by atoms with Gasteiger partial charge in [0, 0.05) is 7.11 Å². The highest BCUT2D eigenvalue weighted by atomic mass is 16.5. The van der Waals surface area contributed by atoms with Gasteiger partial charge in [-0.2, -0.15) is 5.26 Å². The third-order valence-electron chi connectivity index (χ3n) is 1.01. The van der Waals surface area contributed by atoms with E-state index in [9.17, 15) is 4.79 Å². The average molecular weight is 156 g/mol. The predicted molar refractivity (Wildman–Crippen MR) is 39.7 cm³/mol. The molecule has 0 aromatic carbocycles. The van der Waals surface area contributed by atoms with Crippen LogP contribution in [0.2, 0.25) is 0 Å². The molecule has 0 atom stereocenters. The van der Waals surface area contributed by atoms with Crippen LogP contribution in [0.1, 0.15) is 13.8 Å². The Balaban J connectivity index is 3.86. The van der Waals surface area contributed by atoms with Crippen LogP contribution in [0.15, 0.2) is 0 Å². The normalized spacial score (nSPS) is 10.4. The summed E-state index contributed by atoms with van der Waals surface area (Å²) in [7, 11) is 1.43. The number of nitrogens with one attached hydrogen (secondary N) is 1. The van der Waals surface area contributed by atoms with Crippen molar-refractivity contribution < 1.29 is 9.53 Å². The number of carbonyl (C=O) groups excluding carboxylic acids is 1. The lowest BCUT2D eigenvalue weighted by Crippen LogP contribution is -2.43. The van der Waals surface area contributed by atoms with E-state index >= 15 is 0 Å². The maximum atomic E-state index is 10.8. The van der Waals surface area contributed by atoms with Crippen molar-refractivity contribution >= 4 is 5.91 Å². The summed E-state index contributed by atoms with van der Waals surface area (Å²) < 4.78 is 4.57. The fourth-order valence-electron chi connectivity index (χ4n) is 0.544. The number of nitrogens with zero attached hydrogens (tertiary/aromatic N) is 1. The summed E-state index contributed by atoms with van der Waals surface area (Å²) in [6, 6.07) is 1.94. The zero-order chi connectivity index (χ0) is 8.91. The van der Waals surface area contributed by atoms with E-state index < -0.39 is 5.54 Å². The van der Waals surface area contributed by atoms with Crippen LogP contribution in [0.3, 0.4) is 0 Å². The van der Waals surface area contributed by atoms with Crippen molar-refractivity contribution in [3.63, 3.8) is 0 Å². The zero-order valence-corrected chi connectivity index (χ0v) is 6.97. The summed E-state index contributed by atoms with van der Waals surface area (Å²) in [5.41, 5.74) is -0.810. The number of rotatable bonds is 3. The topological polar surface area (TPSA) is 62.1 Å². The summed E-state index contributed by atoms with van der Waals surface area (Å²) in [5, 5.41) is 11.0. The van der Waals surface area contributed by atoms with Gasteiger partial charge in [0.25, 0.3) is 0 Å². The summed E-state index contributed by atoms with van der Waals surface area (Å²) in [5.74, 6) is -0.279. The Labute approximate surface area is 66.1 Å². The van der Waals surface area contributed by atoms with Gasteiger partial charge < -0.3 is 10.1 Å². The van der Waals surface area contributed by atoms with Gasteiger partial charge in [0.2, 0.25) is 5.91 Å². The highest BCUT2D eigenvalue weighted by molar-refractivity contribution is 5.78. The van der Waals surface area contributed by atoms with E-state index in [1.165, 1.54) is 7.11 Å². The van der Waals surface area contributed by atoms with Crippen molar-refractivity contribution in [3.05, 3.63) is 0 Å². The van der Waals surface area contributed by atoms with Gasteiger partial charge in [0.15, 0.2) is 0 Å². The second kappa shape index (κ2) is 3.94. The fraction of sp³-hybridized carbons (Fsp3) is 0.714. The van der Waals surface area contributed by atoms with E-state index in [1.54, 1.807) is 13.8 Å². The molecule has 0 aliphatic carbocycles. The van der Waals surface area contributed by atoms with Gasteiger partial charge in [0.1, 0.15) is 12.1 Å². The molecule has 0 aromatic rings. The smallest absolute Gasteiger partial charge is 0.247 e. The molecule has 0 bridgehead atoms. The zero-order valence-electron chi connectivity index (χ0n) is 6.97. The Morgan fingerprint density at radius 2 is 2.27 bits per heavy atom. The SMILES string of the molecule is COCC(=O)NC(C)(C)C#N. The molecular weight excluding hydrogens is 144 g/mol. The second-order valence-corrected chi connectivity index (χ2v) is 2.72. The van der Waals surface area contributed by atoms with Crippen LogP contribution in [0, 0.1) is 11.3 Å². The van der Waals surface area contributed by atoms with Crippen molar-refractivity contribution in [2.75, 3.05) is 13.7 Å². The molecule has 0 aromatic heterocycles. The lowest BCUT2D eigenvalue weighted by atomic mass is 10.1. The Morgan fingerprint density at radius 1 is 1.73 bits per heavy atom. The second-order valence-electron chi connectivity index (χ2n) is 2.72. The van der Waals surface area contributed by atoms with Gasteiger partial charge in [-0.05, 0) is 13.8 Å². The first-order chi connectivity index (χ1) is 5.02. The molecule has 4 nitrogen and oxygen atoms in total. The average Bonchev–Trinajstić information content (AvgIpc) is 1.87. The van der Waals surface area contributed by atoms with Crippen molar-refractivity contribution in [2.24, 2.45) is 0 Å². The molecular formula is C7H12N2O2. The van der Waals surface area contributed by atoms with Gasteiger partial charge >= 0.3 is 0 Å². The number of hydrogen-bond acceptors (Lipinski definition) is 3. The first kappa shape index (κ1) is 9.92. The van der Waals surface area contributed by atoms with Crippen molar-refractivity contribution in [3.8, 4) is 6.07 Å². The maximum absolute atomic E-state index is 10.8. The number of nitriles is 1. The number of carbonyl (C=O) groups is 1. The lowest BCUT2D eigenvalue weighted by Gasteiger charge is -2.16. The maximum Gasteiger partial charge on any atom is 0.247 e. The highest BCUT2D eigenvalue weighted by Crippen LogP contribution is 1.97. The Morgan fingerprint density at radius 3 is 2.64 bits per heavy atom. The van der Waals surface area contributed by atoms with Crippen molar-refractivity contribution in [1.82, 2.24) is 5.32 Å². The molecule has 0 heterocycles. The van der Waals surface area contributed by atoms with Gasteiger partial charge in [0.05, 0.1) is 6.07 Å². The van der Waals surface area contributed by atoms with E-state index in [-0.39, 0.29) is 12.5 Å². The third kappa shape index (κ3) is 4.34. The molecule has 0 fully saturated rings. The van der Waals surface area contributed by atoms with Crippen LogP contribution in [0.4, 0.5) is 0 Å². The molecule has 0 radical (unpaired) electrons. The van der Waals surface area contributed by atoms with Crippen LogP contribution < -0.4 is 5.32 Å². The van der Waals surface area contributed by atoms with Gasteiger partial charge in [-0.15, -0.1) is 0 Å². The molecule has 0 spiro atoms. The van der Waals surface area contributed by atoms with Gasteiger partial charge in [-0.3, -0.25) is 4.79 Å². The molecule has 0 aliphatic heterocycles. The first-order valence-corrected chi connectivity index (χ1v) is 3.23. The summed E-state index contributed by atoms with van der Waals surface area (Å²) in [6.07, 6.45) is 0. The van der Waals surface area contributed by atoms with Gasteiger partial charge in [-0.1, -0.05) is 0 Å². The molecule has 0 unspecified atom stereocenters. The quantitative estimate of drug-likeness (QED) is 0.628.